The Hall–Kier alpha value is -1.90. The molecule has 0 aliphatic heterocycles. The van der Waals surface area contributed by atoms with Crippen LogP contribution in [0.4, 0.5) is 0 Å². The average molecular weight is 395 g/mol. The number of unbranched alkanes of at least 4 members (excludes halogenated alkanes) is 6. The van der Waals surface area contributed by atoms with E-state index in [1.807, 2.05) is 12.1 Å². The molecule has 1 aromatic carbocycles. The van der Waals surface area contributed by atoms with E-state index >= 15 is 0 Å². The van der Waals surface area contributed by atoms with E-state index in [-0.39, 0.29) is 0 Å². The highest BCUT2D eigenvalue weighted by Gasteiger charge is 2.20. The first-order chi connectivity index (χ1) is 14.3. The van der Waals surface area contributed by atoms with Gasteiger partial charge in [-0.1, -0.05) is 65.2 Å². The third kappa shape index (κ3) is 6.83. The number of nitrogens with zero attached hydrogens (tertiary/aromatic N) is 2. The van der Waals surface area contributed by atoms with Crippen LogP contribution in [0.1, 0.15) is 89.3 Å². The Labute approximate surface area is 177 Å². The topological polar surface area (TPSA) is 35.0 Å². The molecule has 1 aromatic heterocycles. The fourth-order valence-electron chi connectivity index (χ4n) is 4.25. The standard InChI is InChI=1S/C26H38N2O/c1-3-5-7-8-9-11-21-12-17-25-23(19-21)20-27-26(28-25)22-13-15-24(16-14-22)29-18-10-6-4-2/h13-16,20-21H,3-12,17-19H2,1-2H3. The molecule has 29 heavy (non-hydrogen) atoms. The summed E-state index contributed by atoms with van der Waals surface area (Å²) >= 11 is 0. The molecule has 0 saturated heterocycles. The number of benzene rings is 1. The van der Waals surface area contributed by atoms with E-state index in [2.05, 4.69) is 37.2 Å². The van der Waals surface area contributed by atoms with E-state index < -0.39 is 0 Å². The summed E-state index contributed by atoms with van der Waals surface area (Å²) in [6, 6.07) is 8.24. The normalized spacial score (nSPS) is 15.9. The molecular weight excluding hydrogens is 356 g/mol. The van der Waals surface area contributed by atoms with Crippen LogP contribution < -0.4 is 4.74 Å². The molecule has 0 fully saturated rings. The zero-order valence-electron chi connectivity index (χ0n) is 18.5. The highest BCUT2D eigenvalue weighted by molar-refractivity contribution is 5.56. The Morgan fingerprint density at radius 2 is 1.69 bits per heavy atom. The van der Waals surface area contributed by atoms with Crippen LogP contribution in [0, 0.1) is 5.92 Å². The molecule has 0 spiro atoms. The molecule has 1 aliphatic rings. The van der Waals surface area contributed by atoms with Gasteiger partial charge in [0.2, 0.25) is 0 Å². The van der Waals surface area contributed by atoms with Crippen LogP contribution in [0.15, 0.2) is 30.5 Å². The van der Waals surface area contributed by atoms with Gasteiger partial charge in [0.1, 0.15) is 5.75 Å². The lowest BCUT2D eigenvalue weighted by atomic mass is 9.84. The van der Waals surface area contributed by atoms with Crippen LogP contribution >= 0.6 is 0 Å². The summed E-state index contributed by atoms with van der Waals surface area (Å²) in [5.74, 6) is 2.60. The summed E-state index contributed by atoms with van der Waals surface area (Å²) in [6.45, 7) is 5.29. The van der Waals surface area contributed by atoms with Crippen molar-refractivity contribution >= 4 is 0 Å². The quantitative estimate of drug-likeness (QED) is 0.358. The monoisotopic (exact) mass is 394 g/mol. The number of hydrogen-bond acceptors (Lipinski definition) is 3. The Kier molecular flexibility index (Phi) is 8.98. The number of aromatic nitrogens is 2. The molecule has 158 valence electrons. The van der Waals surface area contributed by atoms with E-state index in [0.29, 0.717) is 0 Å². The van der Waals surface area contributed by atoms with Crippen molar-refractivity contribution in [3.05, 3.63) is 41.7 Å². The van der Waals surface area contributed by atoms with Crippen LogP contribution in [-0.2, 0) is 12.8 Å². The van der Waals surface area contributed by atoms with Crippen molar-refractivity contribution in [3.8, 4) is 17.1 Å². The fourth-order valence-corrected chi connectivity index (χ4v) is 4.25. The minimum atomic E-state index is 0.794. The third-order valence-electron chi connectivity index (χ3n) is 6.10. The van der Waals surface area contributed by atoms with E-state index in [1.54, 1.807) is 0 Å². The molecule has 3 nitrogen and oxygen atoms in total. The maximum Gasteiger partial charge on any atom is 0.159 e. The second-order valence-corrected chi connectivity index (χ2v) is 8.56. The Bertz CT molecular complexity index is 726. The Morgan fingerprint density at radius 3 is 2.48 bits per heavy atom. The lowest BCUT2D eigenvalue weighted by Crippen LogP contribution is -2.16. The second-order valence-electron chi connectivity index (χ2n) is 8.56. The van der Waals surface area contributed by atoms with Gasteiger partial charge in [0.15, 0.2) is 5.82 Å². The summed E-state index contributed by atoms with van der Waals surface area (Å²) in [7, 11) is 0. The van der Waals surface area contributed by atoms with Crippen molar-refractivity contribution in [2.75, 3.05) is 6.61 Å². The molecule has 2 aromatic rings. The molecule has 0 N–H and O–H groups in total. The zero-order chi connectivity index (χ0) is 20.3. The van der Waals surface area contributed by atoms with Crippen molar-refractivity contribution in [1.29, 1.82) is 0 Å². The molecule has 1 atom stereocenters. The first-order valence-corrected chi connectivity index (χ1v) is 11.9. The van der Waals surface area contributed by atoms with Crippen LogP contribution in [0.5, 0.6) is 5.75 Å². The van der Waals surface area contributed by atoms with Crippen molar-refractivity contribution in [1.82, 2.24) is 9.97 Å². The minimum absolute atomic E-state index is 0.794. The van der Waals surface area contributed by atoms with Crippen LogP contribution in [0.25, 0.3) is 11.4 Å². The molecule has 0 saturated carbocycles. The first-order valence-electron chi connectivity index (χ1n) is 11.9. The van der Waals surface area contributed by atoms with Crippen molar-refractivity contribution in [3.63, 3.8) is 0 Å². The second kappa shape index (κ2) is 11.9. The van der Waals surface area contributed by atoms with Gasteiger partial charge in [0.05, 0.1) is 6.61 Å². The van der Waals surface area contributed by atoms with Gasteiger partial charge in [0, 0.05) is 17.5 Å². The third-order valence-corrected chi connectivity index (χ3v) is 6.10. The zero-order valence-corrected chi connectivity index (χ0v) is 18.5. The van der Waals surface area contributed by atoms with Gasteiger partial charge in [-0.2, -0.15) is 0 Å². The van der Waals surface area contributed by atoms with Gasteiger partial charge in [-0.15, -0.1) is 0 Å². The molecule has 0 bridgehead atoms. The highest BCUT2D eigenvalue weighted by atomic mass is 16.5. The predicted octanol–water partition coefficient (Wildman–Crippen LogP) is 7.18. The summed E-state index contributed by atoms with van der Waals surface area (Å²) in [4.78, 5) is 9.58. The minimum Gasteiger partial charge on any atom is -0.494 e. The largest absolute Gasteiger partial charge is 0.494 e. The van der Waals surface area contributed by atoms with Crippen molar-refractivity contribution in [2.24, 2.45) is 5.92 Å². The Balaban J connectivity index is 1.52. The molecule has 0 radical (unpaired) electrons. The fraction of sp³-hybridized carbons (Fsp3) is 0.615. The van der Waals surface area contributed by atoms with Gasteiger partial charge in [0.25, 0.3) is 0 Å². The van der Waals surface area contributed by atoms with E-state index in [0.717, 1.165) is 48.9 Å². The molecule has 0 amide bonds. The summed E-state index contributed by atoms with van der Waals surface area (Å²) in [5.41, 5.74) is 3.71. The van der Waals surface area contributed by atoms with Gasteiger partial charge in [-0.05, 0) is 61.4 Å². The lowest BCUT2D eigenvalue weighted by Gasteiger charge is -2.24. The SMILES string of the molecule is CCCCCCCC1CCc2nc(-c3ccc(OCCCCC)cc3)ncc2C1. The average Bonchev–Trinajstić information content (AvgIpc) is 2.76. The number of ether oxygens (including phenoxy) is 1. The number of hydrogen-bond donors (Lipinski definition) is 0. The van der Waals surface area contributed by atoms with Gasteiger partial charge in [-0.3, -0.25) is 0 Å². The summed E-state index contributed by atoms with van der Waals surface area (Å²) < 4.78 is 5.81. The van der Waals surface area contributed by atoms with Crippen molar-refractivity contribution in [2.45, 2.75) is 90.9 Å². The van der Waals surface area contributed by atoms with Gasteiger partial charge < -0.3 is 4.74 Å². The van der Waals surface area contributed by atoms with E-state index in [4.69, 9.17) is 9.72 Å². The highest BCUT2D eigenvalue weighted by Crippen LogP contribution is 2.29. The van der Waals surface area contributed by atoms with Crippen LogP contribution in [0.3, 0.4) is 0 Å². The Morgan fingerprint density at radius 1 is 0.931 bits per heavy atom. The number of aryl methyl sites for hydroxylation is 1. The maximum atomic E-state index is 5.81. The lowest BCUT2D eigenvalue weighted by molar-refractivity contribution is 0.306. The van der Waals surface area contributed by atoms with Crippen LogP contribution in [-0.4, -0.2) is 16.6 Å². The maximum absolute atomic E-state index is 5.81. The van der Waals surface area contributed by atoms with E-state index in [1.165, 1.54) is 69.0 Å². The van der Waals surface area contributed by atoms with Gasteiger partial charge >= 0.3 is 0 Å². The van der Waals surface area contributed by atoms with E-state index in [9.17, 15) is 0 Å². The smallest absolute Gasteiger partial charge is 0.159 e. The number of rotatable bonds is 12. The van der Waals surface area contributed by atoms with Crippen LogP contribution in [0.2, 0.25) is 0 Å². The van der Waals surface area contributed by atoms with Gasteiger partial charge in [-0.25, -0.2) is 9.97 Å². The molecule has 1 aliphatic carbocycles. The molecule has 1 heterocycles. The number of fused-ring (bicyclic) bond motifs is 1. The van der Waals surface area contributed by atoms with Crippen molar-refractivity contribution < 1.29 is 4.74 Å². The summed E-state index contributed by atoms with van der Waals surface area (Å²) in [6.07, 6.45) is 17.4. The molecule has 1 unspecified atom stereocenters. The predicted molar refractivity (Wildman–Crippen MR) is 121 cm³/mol. The molecule has 3 rings (SSSR count). The molecular formula is C26H38N2O. The summed E-state index contributed by atoms with van der Waals surface area (Å²) in [5, 5.41) is 0. The molecule has 3 heteroatoms. The first kappa shape index (κ1) is 21.8.